The second-order valence-corrected chi connectivity index (χ2v) is 21.5. The lowest BCUT2D eigenvalue weighted by atomic mass is 10.0. The molecule has 0 aliphatic rings. The predicted octanol–water partition coefficient (Wildman–Crippen LogP) is 21.8. The van der Waals surface area contributed by atoms with Gasteiger partial charge in [0.2, 0.25) is 0 Å². The molecule has 0 radical (unpaired) electrons. The summed E-state index contributed by atoms with van der Waals surface area (Å²) >= 11 is 0. The van der Waals surface area contributed by atoms with Gasteiger partial charge >= 0.3 is 11.9 Å². The van der Waals surface area contributed by atoms with Crippen molar-refractivity contribution in [3.05, 3.63) is 60.8 Å². The Morgan fingerprint density at radius 2 is 0.597 bits per heavy atom. The van der Waals surface area contributed by atoms with E-state index in [1.54, 1.807) is 0 Å². The van der Waals surface area contributed by atoms with E-state index in [0.717, 1.165) is 64.2 Å². The number of ether oxygens (including phenoxy) is 2. The van der Waals surface area contributed by atoms with E-state index >= 15 is 0 Å². The Balaban J connectivity index is 3.42. The Morgan fingerprint density at radius 1 is 0.333 bits per heavy atom. The highest BCUT2D eigenvalue weighted by atomic mass is 16.6. The van der Waals surface area contributed by atoms with E-state index in [0.29, 0.717) is 12.8 Å². The summed E-state index contributed by atoms with van der Waals surface area (Å²) in [7, 11) is 0. The number of carbonyl (C=O) groups excluding carboxylic acids is 2. The minimum atomic E-state index is -0.773. The van der Waals surface area contributed by atoms with Crippen LogP contribution < -0.4 is 0 Å². The van der Waals surface area contributed by atoms with Crippen molar-refractivity contribution < 1.29 is 24.2 Å². The zero-order valence-corrected chi connectivity index (χ0v) is 48.2. The van der Waals surface area contributed by atoms with Crippen molar-refractivity contribution in [3.8, 4) is 0 Å². The van der Waals surface area contributed by atoms with Crippen molar-refractivity contribution in [1.29, 1.82) is 0 Å². The van der Waals surface area contributed by atoms with Crippen LogP contribution in [0.5, 0.6) is 0 Å². The third-order valence-corrected chi connectivity index (χ3v) is 14.3. The highest BCUT2D eigenvalue weighted by Crippen LogP contribution is 2.18. The minimum Gasteiger partial charge on any atom is -0.462 e. The van der Waals surface area contributed by atoms with E-state index in [9.17, 15) is 14.7 Å². The molecule has 0 heterocycles. The lowest BCUT2D eigenvalue weighted by Crippen LogP contribution is -2.28. The standard InChI is InChI=1S/C67H122O5/c1-3-5-7-9-11-13-15-17-19-21-23-25-27-29-31-33-35-37-39-41-43-45-47-49-51-53-55-57-59-61-66(69)71-64-65(63-68)72-67(70)62-60-58-56-54-52-50-48-46-44-42-40-38-36-34-32-30-28-26-24-22-20-18-16-14-12-10-8-6-4-2/h6,8,12,14,18,20-21,23-24,26,65,68H,3-5,7,9-11,13,15-17,19,22,25,27-64H2,1-2H3/b8-6-,14-12-,20-18-,23-21-,26-24-. The van der Waals surface area contributed by atoms with Crippen molar-refractivity contribution in [1.82, 2.24) is 0 Å². The van der Waals surface area contributed by atoms with Gasteiger partial charge in [-0.2, -0.15) is 0 Å². The number of unbranched alkanes of at least 4 members (excludes halogenated alkanes) is 41. The number of allylic oxidation sites excluding steroid dienone is 10. The van der Waals surface area contributed by atoms with Crippen LogP contribution in [0.4, 0.5) is 0 Å². The molecule has 420 valence electrons. The van der Waals surface area contributed by atoms with Crippen molar-refractivity contribution in [3.63, 3.8) is 0 Å². The Hall–Kier alpha value is -2.40. The second-order valence-electron chi connectivity index (χ2n) is 21.5. The monoisotopic (exact) mass is 1010 g/mol. The highest BCUT2D eigenvalue weighted by Gasteiger charge is 2.16. The first-order valence-corrected chi connectivity index (χ1v) is 31.8. The van der Waals surface area contributed by atoms with Crippen molar-refractivity contribution in [2.24, 2.45) is 0 Å². The zero-order chi connectivity index (χ0) is 52.0. The molecule has 0 aliphatic heterocycles. The van der Waals surface area contributed by atoms with Gasteiger partial charge in [-0.3, -0.25) is 9.59 Å². The van der Waals surface area contributed by atoms with Gasteiger partial charge in [0.15, 0.2) is 6.10 Å². The van der Waals surface area contributed by atoms with Gasteiger partial charge in [0, 0.05) is 12.8 Å². The van der Waals surface area contributed by atoms with Gasteiger partial charge < -0.3 is 14.6 Å². The van der Waals surface area contributed by atoms with Crippen LogP contribution in [0.25, 0.3) is 0 Å². The highest BCUT2D eigenvalue weighted by molar-refractivity contribution is 5.70. The van der Waals surface area contributed by atoms with E-state index in [-0.39, 0.29) is 25.2 Å². The van der Waals surface area contributed by atoms with Gasteiger partial charge in [0.25, 0.3) is 0 Å². The largest absolute Gasteiger partial charge is 0.462 e. The average molecular weight is 1010 g/mol. The van der Waals surface area contributed by atoms with Crippen LogP contribution in [0.3, 0.4) is 0 Å². The van der Waals surface area contributed by atoms with Gasteiger partial charge in [0.05, 0.1) is 6.61 Å². The molecule has 0 aromatic rings. The van der Waals surface area contributed by atoms with Gasteiger partial charge in [0.1, 0.15) is 6.61 Å². The number of aliphatic hydroxyl groups is 1. The topological polar surface area (TPSA) is 72.8 Å². The fraction of sp³-hybridized carbons (Fsp3) is 0.821. The Labute approximate surface area is 449 Å². The van der Waals surface area contributed by atoms with Gasteiger partial charge in [-0.15, -0.1) is 0 Å². The number of carbonyl (C=O) groups is 2. The molecule has 1 atom stereocenters. The first kappa shape index (κ1) is 69.6. The first-order chi connectivity index (χ1) is 35.6. The predicted molar refractivity (Wildman–Crippen MR) is 316 cm³/mol. The van der Waals surface area contributed by atoms with Crippen LogP contribution in [-0.2, 0) is 19.1 Å². The summed E-state index contributed by atoms with van der Waals surface area (Å²) in [6, 6.07) is 0. The van der Waals surface area contributed by atoms with E-state index in [4.69, 9.17) is 9.47 Å². The number of esters is 2. The molecule has 5 heteroatoms. The van der Waals surface area contributed by atoms with Gasteiger partial charge in [-0.05, 0) is 77.0 Å². The summed E-state index contributed by atoms with van der Waals surface area (Å²) < 4.78 is 10.7. The van der Waals surface area contributed by atoms with E-state index < -0.39 is 6.10 Å². The SMILES string of the molecule is CC/C=C\C/C=C\C/C=C\C/C=C\CCCCCCCCCCCCCCCCCCC(=O)OC(CO)COC(=O)CCCCCCCCCCCCCCCCCCC/C=C\CCCCCCCCCC. The molecule has 0 fully saturated rings. The lowest BCUT2D eigenvalue weighted by Gasteiger charge is -2.15. The van der Waals surface area contributed by atoms with Crippen molar-refractivity contribution in [2.75, 3.05) is 13.2 Å². The number of rotatable bonds is 59. The van der Waals surface area contributed by atoms with Crippen LogP contribution in [0.2, 0.25) is 0 Å². The summed E-state index contributed by atoms with van der Waals surface area (Å²) in [6.07, 6.45) is 85.1. The van der Waals surface area contributed by atoms with Crippen LogP contribution in [0.1, 0.15) is 335 Å². The van der Waals surface area contributed by atoms with E-state index in [1.165, 1.54) is 244 Å². The molecule has 0 aliphatic carbocycles. The van der Waals surface area contributed by atoms with Crippen LogP contribution >= 0.6 is 0 Å². The molecule has 72 heavy (non-hydrogen) atoms. The summed E-state index contributed by atoms with van der Waals surface area (Å²) in [5, 5.41) is 9.68. The molecule has 0 saturated carbocycles. The number of hydrogen-bond acceptors (Lipinski definition) is 5. The number of aliphatic hydroxyl groups excluding tert-OH is 1. The molecule has 5 nitrogen and oxygen atoms in total. The molecule has 0 aromatic carbocycles. The maximum atomic E-state index is 12.3. The molecular weight excluding hydrogens is 885 g/mol. The molecule has 1 N–H and O–H groups in total. The van der Waals surface area contributed by atoms with E-state index in [1.807, 2.05) is 0 Å². The van der Waals surface area contributed by atoms with E-state index in [2.05, 4.69) is 74.6 Å². The zero-order valence-electron chi connectivity index (χ0n) is 48.2. The molecule has 0 bridgehead atoms. The maximum Gasteiger partial charge on any atom is 0.306 e. The summed E-state index contributed by atoms with van der Waals surface area (Å²) in [6.45, 7) is 4.07. The summed E-state index contributed by atoms with van der Waals surface area (Å²) in [4.78, 5) is 24.6. The second kappa shape index (κ2) is 62.9. The molecule has 0 amide bonds. The molecular formula is C67H122O5. The third-order valence-electron chi connectivity index (χ3n) is 14.3. The lowest BCUT2D eigenvalue weighted by molar-refractivity contribution is -0.161. The molecule has 0 rings (SSSR count). The molecule has 0 spiro atoms. The quantitative estimate of drug-likeness (QED) is 0.0373. The van der Waals surface area contributed by atoms with Crippen LogP contribution in [0.15, 0.2) is 60.8 Å². The molecule has 1 unspecified atom stereocenters. The molecule has 0 aromatic heterocycles. The van der Waals surface area contributed by atoms with Gasteiger partial charge in [-0.1, -0.05) is 306 Å². The fourth-order valence-electron chi connectivity index (χ4n) is 9.55. The Bertz CT molecular complexity index is 1230. The van der Waals surface area contributed by atoms with Crippen LogP contribution in [-0.4, -0.2) is 36.4 Å². The average Bonchev–Trinajstić information content (AvgIpc) is 3.38. The van der Waals surface area contributed by atoms with Crippen molar-refractivity contribution >= 4 is 11.9 Å². The molecule has 0 saturated heterocycles. The summed E-state index contributed by atoms with van der Waals surface area (Å²) in [5.41, 5.74) is 0. The number of hydrogen-bond donors (Lipinski definition) is 1. The smallest absolute Gasteiger partial charge is 0.306 e. The van der Waals surface area contributed by atoms with Crippen LogP contribution in [0, 0.1) is 0 Å². The normalized spacial score (nSPS) is 12.5. The third kappa shape index (κ3) is 60.2. The minimum absolute atomic E-state index is 0.0625. The summed E-state index contributed by atoms with van der Waals surface area (Å²) in [5.74, 6) is -0.574. The Morgan fingerprint density at radius 3 is 0.917 bits per heavy atom. The van der Waals surface area contributed by atoms with Crippen molar-refractivity contribution in [2.45, 2.75) is 341 Å². The maximum absolute atomic E-state index is 12.3. The Kier molecular flexibility index (Phi) is 60.8. The first-order valence-electron chi connectivity index (χ1n) is 31.8. The van der Waals surface area contributed by atoms with Gasteiger partial charge in [-0.25, -0.2) is 0 Å². The fourth-order valence-corrected chi connectivity index (χ4v) is 9.55.